The van der Waals surface area contributed by atoms with Crippen LogP contribution in [0.3, 0.4) is 0 Å². The van der Waals surface area contributed by atoms with Gasteiger partial charge < -0.3 is 21.7 Å². The van der Waals surface area contributed by atoms with E-state index in [0.717, 1.165) is 0 Å². The number of anilines is 2. The fourth-order valence-electron chi connectivity index (χ4n) is 2.10. The fraction of sp³-hybridized carbons (Fsp3) is 0.467. The first kappa shape index (κ1) is 16.8. The number of nitrogens with zero attached hydrogens (tertiary/aromatic N) is 1. The Hall–Kier alpha value is -2.24. The van der Waals surface area contributed by atoms with Crippen molar-refractivity contribution < 1.29 is 9.59 Å². The van der Waals surface area contributed by atoms with E-state index in [-0.39, 0.29) is 12.5 Å². The van der Waals surface area contributed by atoms with Gasteiger partial charge in [-0.1, -0.05) is 13.8 Å². The van der Waals surface area contributed by atoms with Crippen LogP contribution >= 0.6 is 0 Å². The molecule has 0 radical (unpaired) electrons. The third kappa shape index (κ3) is 4.98. The summed E-state index contributed by atoms with van der Waals surface area (Å²) in [5.41, 5.74) is 13.0. The number of amides is 2. The van der Waals surface area contributed by atoms with Crippen LogP contribution in [-0.2, 0) is 4.79 Å². The van der Waals surface area contributed by atoms with E-state index in [4.69, 9.17) is 11.5 Å². The molecule has 0 aliphatic carbocycles. The van der Waals surface area contributed by atoms with Crippen molar-refractivity contribution >= 4 is 23.2 Å². The molecule has 6 nitrogen and oxygen atoms in total. The molecule has 0 saturated heterocycles. The lowest BCUT2D eigenvalue weighted by molar-refractivity contribution is -0.116. The number of benzene rings is 1. The zero-order chi connectivity index (χ0) is 16.0. The van der Waals surface area contributed by atoms with Crippen molar-refractivity contribution in [3.63, 3.8) is 0 Å². The molecule has 1 rings (SSSR count). The zero-order valence-corrected chi connectivity index (χ0v) is 12.8. The van der Waals surface area contributed by atoms with Crippen LogP contribution in [0.5, 0.6) is 0 Å². The van der Waals surface area contributed by atoms with E-state index in [1.165, 1.54) is 0 Å². The van der Waals surface area contributed by atoms with Crippen molar-refractivity contribution in [3.8, 4) is 0 Å². The Kier molecular flexibility index (Phi) is 6.02. The lowest BCUT2D eigenvalue weighted by Crippen LogP contribution is -2.37. The Morgan fingerprint density at radius 2 is 2.00 bits per heavy atom. The van der Waals surface area contributed by atoms with Crippen LogP contribution in [0.25, 0.3) is 0 Å². The normalized spacial score (nSPS) is 10.5. The van der Waals surface area contributed by atoms with E-state index < -0.39 is 5.91 Å². The molecule has 116 valence electrons. The number of carbonyl (C=O) groups is 2. The highest BCUT2D eigenvalue weighted by atomic mass is 16.2. The van der Waals surface area contributed by atoms with E-state index in [9.17, 15) is 9.59 Å². The van der Waals surface area contributed by atoms with Crippen LogP contribution in [0.15, 0.2) is 18.2 Å². The summed E-state index contributed by atoms with van der Waals surface area (Å²) < 4.78 is 0. The quantitative estimate of drug-likeness (QED) is 0.652. The molecule has 0 spiro atoms. The smallest absolute Gasteiger partial charge is 0.251 e. The first-order chi connectivity index (χ1) is 9.85. The molecule has 2 amide bonds. The molecule has 0 heterocycles. The van der Waals surface area contributed by atoms with Gasteiger partial charge in [-0.3, -0.25) is 9.59 Å². The number of carbonyl (C=O) groups excluding carboxylic acids is 2. The number of hydrogen-bond donors (Lipinski definition) is 3. The molecule has 0 fully saturated rings. The van der Waals surface area contributed by atoms with Gasteiger partial charge in [-0.15, -0.1) is 0 Å². The SMILES string of the molecule is CCNC(=O)c1ccc(N)c(N(CC(N)=O)CC(C)C)c1. The van der Waals surface area contributed by atoms with Crippen LogP contribution in [-0.4, -0.2) is 31.4 Å². The topological polar surface area (TPSA) is 101 Å². The minimum Gasteiger partial charge on any atom is -0.397 e. The van der Waals surface area contributed by atoms with E-state index >= 15 is 0 Å². The van der Waals surface area contributed by atoms with Crippen LogP contribution in [0.2, 0.25) is 0 Å². The van der Waals surface area contributed by atoms with Gasteiger partial charge in [-0.2, -0.15) is 0 Å². The Labute approximate surface area is 125 Å². The summed E-state index contributed by atoms with van der Waals surface area (Å²) in [6, 6.07) is 5.04. The average Bonchev–Trinajstić information content (AvgIpc) is 2.37. The lowest BCUT2D eigenvalue weighted by Gasteiger charge is -2.27. The Morgan fingerprint density at radius 3 is 2.52 bits per heavy atom. The average molecular weight is 292 g/mol. The van der Waals surface area contributed by atoms with Crippen LogP contribution in [0, 0.1) is 5.92 Å². The summed E-state index contributed by atoms with van der Waals surface area (Å²) in [5.74, 6) is -0.266. The van der Waals surface area contributed by atoms with Gasteiger partial charge in [0.15, 0.2) is 0 Å². The van der Waals surface area contributed by atoms with Gasteiger partial charge in [-0.25, -0.2) is 0 Å². The lowest BCUT2D eigenvalue weighted by atomic mass is 10.1. The fourth-order valence-corrected chi connectivity index (χ4v) is 2.10. The second kappa shape index (κ2) is 7.52. The zero-order valence-electron chi connectivity index (χ0n) is 12.8. The Morgan fingerprint density at radius 1 is 1.33 bits per heavy atom. The predicted octanol–water partition coefficient (Wildman–Crippen LogP) is 0.966. The molecule has 0 saturated carbocycles. The first-order valence-corrected chi connectivity index (χ1v) is 7.06. The van der Waals surface area contributed by atoms with Crippen LogP contribution in [0.1, 0.15) is 31.1 Å². The molecule has 0 atom stereocenters. The summed E-state index contributed by atoms with van der Waals surface area (Å²) in [7, 11) is 0. The summed E-state index contributed by atoms with van der Waals surface area (Å²) in [5, 5.41) is 2.74. The number of hydrogen-bond acceptors (Lipinski definition) is 4. The minimum atomic E-state index is -0.432. The minimum absolute atomic E-state index is 0.0707. The number of primary amides is 1. The molecule has 0 aliphatic heterocycles. The van der Waals surface area contributed by atoms with E-state index in [2.05, 4.69) is 5.32 Å². The second-order valence-corrected chi connectivity index (χ2v) is 5.37. The van der Waals surface area contributed by atoms with Crippen LogP contribution in [0.4, 0.5) is 11.4 Å². The summed E-state index contributed by atoms with van der Waals surface area (Å²) in [6.45, 7) is 7.19. The molecule has 0 unspecified atom stereocenters. The van der Waals surface area contributed by atoms with Gasteiger partial charge in [0.05, 0.1) is 17.9 Å². The van der Waals surface area contributed by atoms with E-state index in [1.54, 1.807) is 18.2 Å². The molecule has 0 aliphatic rings. The van der Waals surface area contributed by atoms with Crippen molar-refractivity contribution in [1.29, 1.82) is 0 Å². The highest BCUT2D eigenvalue weighted by Gasteiger charge is 2.16. The highest BCUT2D eigenvalue weighted by Crippen LogP contribution is 2.25. The van der Waals surface area contributed by atoms with Crippen molar-refractivity contribution in [2.24, 2.45) is 11.7 Å². The first-order valence-electron chi connectivity index (χ1n) is 7.06. The van der Waals surface area contributed by atoms with Gasteiger partial charge >= 0.3 is 0 Å². The Balaban J connectivity index is 3.13. The largest absolute Gasteiger partial charge is 0.397 e. The molecule has 21 heavy (non-hydrogen) atoms. The Bertz CT molecular complexity index is 514. The standard InChI is InChI=1S/C15H24N4O2/c1-4-18-15(21)11-5-6-12(16)13(7-11)19(8-10(2)3)9-14(17)20/h5-7,10H,4,8-9,16H2,1-3H3,(H2,17,20)(H,18,21). The highest BCUT2D eigenvalue weighted by molar-refractivity contribution is 5.96. The maximum absolute atomic E-state index is 11.9. The van der Waals surface area contributed by atoms with Crippen molar-refractivity contribution in [2.45, 2.75) is 20.8 Å². The predicted molar refractivity (Wildman–Crippen MR) is 85.1 cm³/mol. The molecule has 0 bridgehead atoms. The monoisotopic (exact) mass is 292 g/mol. The molecule has 1 aromatic carbocycles. The second-order valence-electron chi connectivity index (χ2n) is 5.37. The van der Waals surface area contributed by atoms with Gasteiger partial charge in [0.1, 0.15) is 0 Å². The summed E-state index contributed by atoms with van der Waals surface area (Å²) >= 11 is 0. The number of rotatable bonds is 7. The van der Waals surface area contributed by atoms with Crippen molar-refractivity contribution in [1.82, 2.24) is 5.32 Å². The number of nitrogen functional groups attached to an aromatic ring is 1. The van der Waals surface area contributed by atoms with E-state index in [1.807, 2.05) is 25.7 Å². The maximum atomic E-state index is 11.9. The molecule has 0 aromatic heterocycles. The van der Waals surface area contributed by atoms with Gasteiger partial charge in [0.25, 0.3) is 5.91 Å². The molecule has 5 N–H and O–H groups in total. The molecular weight excluding hydrogens is 268 g/mol. The van der Waals surface area contributed by atoms with Gasteiger partial charge in [0.2, 0.25) is 5.91 Å². The molecular formula is C15H24N4O2. The summed E-state index contributed by atoms with van der Waals surface area (Å²) in [4.78, 5) is 25.0. The van der Waals surface area contributed by atoms with E-state index in [0.29, 0.717) is 35.9 Å². The van der Waals surface area contributed by atoms with Crippen LogP contribution < -0.4 is 21.7 Å². The number of nitrogens with one attached hydrogen (secondary N) is 1. The van der Waals surface area contributed by atoms with Gasteiger partial charge in [-0.05, 0) is 31.0 Å². The molecule has 6 heteroatoms. The van der Waals surface area contributed by atoms with Gasteiger partial charge in [0, 0.05) is 18.7 Å². The number of nitrogens with two attached hydrogens (primary N) is 2. The van der Waals surface area contributed by atoms with Crippen molar-refractivity contribution in [2.75, 3.05) is 30.3 Å². The third-order valence-corrected chi connectivity index (χ3v) is 2.90. The summed E-state index contributed by atoms with van der Waals surface area (Å²) in [6.07, 6.45) is 0. The third-order valence-electron chi connectivity index (χ3n) is 2.90. The molecule has 1 aromatic rings. The van der Waals surface area contributed by atoms with Crippen molar-refractivity contribution in [3.05, 3.63) is 23.8 Å². The maximum Gasteiger partial charge on any atom is 0.251 e.